The van der Waals surface area contributed by atoms with Gasteiger partial charge in [-0.15, -0.1) is 0 Å². The number of aromatic nitrogens is 2. The van der Waals surface area contributed by atoms with Crippen LogP contribution in [0.5, 0.6) is 0 Å². The van der Waals surface area contributed by atoms with E-state index >= 15 is 0 Å². The predicted molar refractivity (Wildman–Crippen MR) is 54.5 cm³/mol. The van der Waals surface area contributed by atoms with E-state index in [0.717, 1.165) is 10.9 Å². The summed E-state index contributed by atoms with van der Waals surface area (Å²) in [5.41, 5.74) is -0.934. The Labute approximate surface area is 101 Å². The first-order chi connectivity index (χ1) is 8.34. The topological polar surface area (TPSA) is 64.3 Å². The zero-order valence-electron chi connectivity index (χ0n) is 9.65. The van der Waals surface area contributed by atoms with E-state index in [4.69, 9.17) is 0 Å². The van der Waals surface area contributed by atoms with E-state index in [0.29, 0.717) is 12.6 Å². The second-order valence-corrected chi connectivity index (χ2v) is 3.63. The van der Waals surface area contributed by atoms with Crippen LogP contribution >= 0.6 is 0 Å². The first-order valence-corrected chi connectivity index (χ1v) is 5.29. The molecule has 0 fully saturated rings. The van der Waals surface area contributed by atoms with Crippen LogP contribution in [0, 0.1) is 0 Å². The van der Waals surface area contributed by atoms with Gasteiger partial charge in [0, 0.05) is 6.20 Å². The van der Waals surface area contributed by atoms with Crippen molar-refractivity contribution in [1.82, 2.24) is 9.78 Å². The third-order valence-electron chi connectivity index (χ3n) is 2.04. The van der Waals surface area contributed by atoms with Crippen molar-refractivity contribution in [2.45, 2.75) is 32.2 Å². The highest BCUT2D eigenvalue weighted by atomic mass is 19.4. The Bertz CT molecular complexity index is 403. The van der Waals surface area contributed by atoms with Crippen LogP contribution in [0.25, 0.3) is 0 Å². The van der Waals surface area contributed by atoms with Gasteiger partial charge in [0.05, 0.1) is 24.9 Å². The van der Waals surface area contributed by atoms with Gasteiger partial charge >= 0.3 is 12.1 Å². The number of nitrogens with zero attached hydrogens (tertiary/aromatic N) is 2. The minimum absolute atomic E-state index is 0.156. The molecule has 0 radical (unpaired) electrons. The third-order valence-corrected chi connectivity index (χ3v) is 2.04. The van der Waals surface area contributed by atoms with Gasteiger partial charge in [-0.05, 0) is 6.42 Å². The van der Waals surface area contributed by atoms with E-state index < -0.39 is 23.8 Å². The summed E-state index contributed by atoms with van der Waals surface area (Å²) in [4.78, 5) is 11.2. The fraction of sp³-hybridized carbons (Fsp3) is 0.600. The number of hydrogen-bond donors (Lipinski definition) is 1. The lowest BCUT2D eigenvalue weighted by molar-refractivity contribution is -0.154. The number of halogens is 3. The number of esters is 1. The smallest absolute Gasteiger partial charge is 0.419 e. The number of carbonyl (C=O) groups excluding carboxylic acids is 1. The van der Waals surface area contributed by atoms with Crippen molar-refractivity contribution in [3.8, 4) is 0 Å². The van der Waals surface area contributed by atoms with Gasteiger partial charge in [-0.1, -0.05) is 6.92 Å². The average Bonchev–Trinajstić information content (AvgIpc) is 2.73. The minimum atomic E-state index is -4.49. The second-order valence-electron chi connectivity index (χ2n) is 3.63. The molecule has 1 aromatic rings. The lowest BCUT2D eigenvalue weighted by Gasteiger charge is -2.10. The third kappa shape index (κ3) is 4.02. The van der Waals surface area contributed by atoms with Crippen LogP contribution in [0.2, 0.25) is 0 Å². The van der Waals surface area contributed by atoms with Crippen molar-refractivity contribution in [1.29, 1.82) is 0 Å². The molecule has 0 amide bonds. The normalized spacial score (nSPS) is 13.4. The highest BCUT2D eigenvalue weighted by Gasteiger charge is 2.32. The maximum Gasteiger partial charge on any atom is 0.419 e. The number of rotatable bonds is 5. The van der Waals surface area contributed by atoms with Gasteiger partial charge in [0.1, 0.15) is 0 Å². The molecule has 1 N–H and O–H groups in total. The Morgan fingerprint density at radius 2 is 2.28 bits per heavy atom. The Hall–Kier alpha value is -1.57. The lowest BCUT2D eigenvalue weighted by atomic mass is 10.3. The molecule has 0 unspecified atom stereocenters. The van der Waals surface area contributed by atoms with Crippen LogP contribution in [0.1, 0.15) is 18.9 Å². The van der Waals surface area contributed by atoms with E-state index in [1.54, 1.807) is 6.92 Å². The predicted octanol–water partition coefficient (Wildman–Crippen LogP) is 1.22. The molecule has 18 heavy (non-hydrogen) atoms. The second kappa shape index (κ2) is 5.85. The Balaban J connectivity index is 2.57. The highest BCUT2D eigenvalue weighted by Crippen LogP contribution is 2.28. The van der Waals surface area contributed by atoms with Crippen molar-refractivity contribution in [2.75, 3.05) is 6.61 Å². The molecule has 102 valence electrons. The zero-order chi connectivity index (χ0) is 13.8. The molecule has 1 heterocycles. The molecule has 1 atom stereocenters. The molecule has 0 aliphatic heterocycles. The van der Waals surface area contributed by atoms with Crippen LogP contribution < -0.4 is 0 Å². The Morgan fingerprint density at radius 1 is 1.61 bits per heavy atom. The SMILES string of the molecule is CCCOC(=O)[C@H](O)Cn1cc(C(F)(F)F)cn1. The molecule has 0 saturated carbocycles. The van der Waals surface area contributed by atoms with Crippen molar-refractivity contribution in [3.63, 3.8) is 0 Å². The molecule has 0 aliphatic carbocycles. The zero-order valence-corrected chi connectivity index (χ0v) is 9.65. The molecule has 0 aliphatic rings. The highest BCUT2D eigenvalue weighted by molar-refractivity contribution is 5.74. The van der Waals surface area contributed by atoms with Gasteiger partial charge < -0.3 is 9.84 Å². The maximum absolute atomic E-state index is 12.3. The van der Waals surface area contributed by atoms with Gasteiger partial charge in [-0.3, -0.25) is 4.68 Å². The summed E-state index contributed by atoms with van der Waals surface area (Å²) in [5.74, 6) is -0.874. The number of carbonyl (C=O) groups is 1. The summed E-state index contributed by atoms with van der Waals surface area (Å²) >= 11 is 0. The van der Waals surface area contributed by atoms with Gasteiger partial charge in [0.2, 0.25) is 0 Å². The first-order valence-electron chi connectivity index (χ1n) is 5.29. The van der Waals surface area contributed by atoms with Crippen LogP contribution in [0.4, 0.5) is 13.2 Å². The van der Waals surface area contributed by atoms with E-state index in [1.165, 1.54) is 0 Å². The summed E-state index contributed by atoms with van der Waals surface area (Å²) in [7, 11) is 0. The summed E-state index contributed by atoms with van der Waals surface area (Å²) in [6.45, 7) is 1.56. The van der Waals surface area contributed by atoms with E-state index in [1.807, 2.05) is 0 Å². The molecule has 0 aromatic carbocycles. The quantitative estimate of drug-likeness (QED) is 0.814. The summed E-state index contributed by atoms with van der Waals surface area (Å²) in [5, 5.41) is 12.8. The van der Waals surface area contributed by atoms with Crippen LogP contribution in [-0.2, 0) is 22.3 Å². The molecular weight excluding hydrogens is 253 g/mol. The van der Waals surface area contributed by atoms with Crippen molar-refractivity contribution in [3.05, 3.63) is 18.0 Å². The lowest BCUT2D eigenvalue weighted by Crippen LogP contribution is -2.28. The first kappa shape index (κ1) is 14.5. The molecule has 0 bridgehead atoms. The summed E-state index contributed by atoms with van der Waals surface area (Å²) < 4.78 is 42.3. The van der Waals surface area contributed by atoms with Crippen molar-refractivity contribution >= 4 is 5.97 Å². The van der Waals surface area contributed by atoms with Crippen molar-refractivity contribution in [2.24, 2.45) is 0 Å². The molecule has 0 spiro atoms. The monoisotopic (exact) mass is 266 g/mol. The number of aliphatic hydroxyl groups is 1. The molecule has 1 aromatic heterocycles. The number of hydrogen-bond acceptors (Lipinski definition) is 4. The fourth-order valence-electron chi connectivity index (χ4n) is 1.16. The maximum atomic E-state index is 12.3. The largest absolute Gasteiger partial charge is 0.464 e. The van der Waals surface area contributed by atoms with E-state index in [-0.39, 0.29) is 13.2 Å². The summed E-state index contributed by atoms with van der Waals surface area (Å²) in [6.07, 6.45) is -4.08. The standard InChI is InChI=1S/C10H13F3N2O3/c1-2-3-18-9(17)8(16)6-15-5-7(4-14-15)10(11,12)13/h4-5,8,16H,2-3,6H2,1H3/t8-/m1/s1. The van der Waals surface area contributed by atoms with Crippen molar-refractivity contribution < 1.29 is 27.8 Å². The fourth-order valence-corrected chi connectivity index (χ4v) is 1.16. The van der Waals surface area contributed by atoms with Gasteiger partial charge in [0.25, 0.3) is 0 Å². The number of ether oxygens (including phenoxy) is 1. The average molecular weight is 266 g/mol. The molecule has 1 rings (SSSR count). The number of alkyl halides is 3. The van der Waals surface area contributed by atoms with E-state index in [2.05, 4.69) is 9.84 Å². The van der Waals surface area contributed by atoms with Crippen LogP contribution in [0.15, 0.2) is 12.4 Å². The van der Waals surface area contributed by atoms with Gasteiger partial charge in [-0.2, -0.15) is 18.3 Å². The Morgan fingerprint density at radius 3 is 2.78 bits per heavy atom. The number of aliphatic hydroxyl groups excluding tert-OH is 1. The summed E-state index contributed by atoms with van der Waals surface area (Å²) in [6, 6.07) is 0. The van der Waals surface area contributed by atoms with E-state index in [9.17, 15) is 23.1 Å². The molecular formula is C10H13F3N2O3. The minimum Gasteiger partial charge on any atom is -0.464 e. The molecule has 5 nitrogen and oxygen atoms in total. The molecule has 0 saturated heterocycles. The molecule has 8 heteroatoms. The Kier molecular flexibility index (Phi) is 4.71. The van der Waals surface area contributed by atoms with Crippen LogP contribution in [-0.4, -0.2) is 33.6 Å². The van der Waals surface area contributed by atoms with Gasteiger partial charge in [0.15, 0.2) is 6.10 Å². The van der Waals surface area contributed by atoms with Gasteiger partial charge in [-0.25, -0.2) is 4.79 Å². The van der Waals surface area contributed by atoms with Crippen LogP contribution in [0.3, 0.4) is 0 Å².